The average Bonchev–Trinajstić information content (AvgIpc) is 3.00. The van der Waals surface area contributed by atoms with E-state index in [0.29, 0.717) is 29.8 Å². The van der Waals surface area contributed by atoms with Crippen molar-refractivity contribution in [3.63, 3.8) is 0 Å². The smallest absolute Gasteiger partial charge is 0.261 e. The lowest BCUT2D eigenvalue weighted by molar-refractivity contribution is 0.0819. The molecule has 0 aromatic heterocycles. The summed E-state index contributed by atoms with van der Waals surface area (Å²) in [5, 5.41) is 16.9. The summed E-state index contributed by atoms with van der Waals surface area (Å²) in [7, 11) is 1.45. The van der Waals surface area contributed by atoms with Crippen molar-refractivity contribution in [2.75, 3.05) is 13.7 Å². The molecule has 0 saturated carbocycles. The molecule has 2 aliphatic rings. The van der Waals surface area contributed by atoms with Crippen LogP contribution in [0.15, 0.2) is 40.2 Å². The third-order valence-electron chi connectivity index (χ3n) is 3.42. The van der Waals surface area contributed by atoms with E-state index in [1.165, 1.54) is 7.11 Å². The minimum Gasteiger partial charge on any atom is -0.495 e. The van der Waals surface area contributed by atoms with Gasteiger partial charge in [-0.2, -0.15) is 15.5 Å². The summed E-state index contributed by atoms with van der Waals surface area (Å²) in [5.41, 5.74) is 2.48. The number of methoxy groups -OCH3 is 1. The molecule has 0 N–H and O–H groups in total. The lowest BCUT2D eigenvalue weighted by Gasteiger charge is -2.24. The third-order valence-corrected chi connectivity index (χ3v) is 3.42. The quantitative estimate of drug-likeness (QED) is 0.827. The van der Waals surface area contributed by atoms with Crippen LogP contribution in [0.3, 0.4) is 0 Å². The Bertz CT molecular complexity index is 741. The zero-order valence-corrected chi connectivity index (χ0v) is 11.4. The van der Waals surface area contributed by atoms with Gasteiger partial charge in [-0.25, -0.2) is 0 Å². The molecule has 6 nitrogen and oxygen atoms in total. The van der Waals surface area contributed by atoms with E-state index in [1.54, 1.807) is 35.5 Å². The van der Waals surface area contributed by atoms with E-state index >= 15 is 0 Å². The number of hydrogen-bond donors (Lipinski definition) is 0. The fourth-order valence-corrected chi connectivity index (χ4v) is 2.38. The monoisotopic (exact) mass is 280 g/mol. The number of hydrogen-bond acceptors (Lipinski definition) is 5. The molecule has 2 aliphatic heterocycles. The van der Waals surface area contributed by atoms with Gasteiger partial charge in [0.05, 0.1) is 30.2 Å². The Hall–Kier alpha value is -2.94. The van der Waals surface area contributed by atoms with Crippen LogP contribution in [0.1, 0.15) is 22.3 Å². The number of carbonyl (C=O) groups is 1. The molecule has 0 radical (unpaired) electrons. The molecule has 3 rings (SSSR count). The van der Waals surface area contributed by atoms with Gasteiger partial charge < -0.3 is 9.64 Å². The number of amides is 1. The molecule has 0 bridgehead atoms. The Morgan fingerprint density at radius 1 is 1.48 bits per heavy atom. The van der Waals surface area contributed by atoms with E-state index in [2.05, 4.69) is 10.2 Å². The standard InChI is InChI=1S/C15H12N4O2/c1-21-14-10(7-16)3-2-4-12(14)15(20)19-6-5-13-11(9-19)8-17-18-13/h2-4,8-9H,5-6H2,1H3. The predicted octanol–water partition coefficient (Wildman–Crippen LogP) is 1.74. The van der Waals surface area contributed by atoms with Crippen LogP contribution in [0.25, 0.3) is 0 Å². The number of benzene rings is 1. The Morgan fingerprint density at radius 3 is 3.10 bits per heavy atom. The molecule has 2 heterocycles. The van der Waals surface area contributed by atoms with Crippen LogP contribution in [0.4, 0.5) is 0 Å². The minimum absolute atomic E-state index is 0.198. The fourth-order valence-electron chi connectivity index (χ4n) is 2.38. The number of nitriles is 1. The van der Waals surface area contributed by atoms with Gasteiger partial charge in [0.15, 0.2) is 0 Å². The summed E-state index contributed by atoms with van der Waals surface area (Å²) < 4.78 is 5.23. The van der Waals surface area contributed by atoms with E-state index in [9.17, 15) is 4.79 Å². The molecule has 0 unspecified atom stereocenters. The number of allylic oxidation sites excluding steroid dienone is 1. The highest BCUT2D eigenvalue weighted by atomic mass is 16.5. The summed E-state index contributed by atoms with van der Waals surface area (Å²) in [6.07, 6.45) is 4.04. The second kappa shape index (κ2) is 5.21. The molecule has 1 aromatic rings. The molecule has 21 heavy (non-hydrogen) atoms. The summed E-state index contributed by atoms with van der Waals surface area (Å²) in [6.45, 7) is 0.532. The second-order valence-electron chi connectivity index (χ2n) is 4.62. The highest BCUT2D eigenvalue weighted by Gasteiger charge is 2.25. The zero-order valence-electron chi connectivity index (χ0n) is 11.4. The maximum atomic E-state index is 12.6. The van der Waals surface area contributed by atoms with Crippen LogP contribution in [0.5, 0.6) is 5.75 Å². The van der Waals surface area contributed by atoms with Crippen molar-refractivity contribution in [2.45, 2.75) is 6.42 Å². The highest BCUT2D eigenvalue weighted by molar-refractivity contribution is 6.19. The largest absolute Gasteiger partial charge is 0.495 e. The summed E-state index contributed by atoms with van der Waals surface area (Å²) in [6, 6.07) is 6.99. The zero-order chi connectivity index (χ0) is 14.8. The van der Waals surface area contributed by atoms with Crippen LogP contribution in [0.2, 0.25) is 0 Å². The van der Waals surface area contributed by atoms with Gasteiger partial charge in [-0.3, -0.25) is 4.79 Å². The molecule has 0 spiro atoms. The SMILES string of the molecule is COc1c(C#N)cccc1C(=O)N1C=C2C=NN=C2CC1. The topological polar surface area (TPSA) is 78.0 Å². The number of nitrogens with zero attached hydrogens (tertiary/aromatic N) is 4. The van der Waals surface area contributed by atoms with E-state index in [0.717, 1.165) is 11.3 Å². The molecule has 0 saturated heterocycles. The van der Waals surface area contributed by atoms with Gasteiger partial charge in [0.25, 0.3) is 5.91 Å². The number of ether oxygens (including phenoxy) is 1. The van der Waals surface area contributed by atoms with Gasteiger partial charge in [-0.1, -0.05) is 6.07 Å². The van der Waals surface area contributed by atoms with E-state index < -0.39 is 0 Å². The first-order chi connectivity index (χ1) is 10.2. The molecule has 1 amide bonds. The third kappa shape index (κ3) is 2.19. The van der Waals surface area contributed by atoms with E-state index in [4.69, 9.17) is 10.00 Å². The first-order valence-corrected chi connectivity index (χ1v) is 6.44. The van der Waals surface area contributed by atoms with Crippen molar-refractivity contribution in [1.82, 2.24) is 4.90 Å². The van der Waals surface area contributed by atoms with Crippen LogP contribution >= 0.6 is 0 Å². The van der Waals surface area contributed by atoms with Crippen molar-refractivity contribution < 1.29 is 9.53 Å². The minimum atomic E-state index is -0.198. The van der Waals surface area contributed by atoms with Crippen LogP contribution in [0, 0.1) is 11.3 Å². The predicted molar refractivity (Wildman–Crippen MR) is 77.4 cm³/mol. The molecule has 104 valence electrons. The number of fused-ring (bicyclic) bond motifs is 1. The van der Waals surface area contributed by atoms with E-state index in [-0.39, 0.29) is 5.91 Å². The van der Waals surface area contributed by atoms with Gasteiger partial charge >= 0.3 is 0 Å². The van der Waals surface area contributed by atoms with Crippen LogP contribution in [-0.4, -0.2) is 36.4 Å². The average molecular weight is 280 g/mol. The Kier molecular flexibility index (Phi) is 3.24. The molecule has 1 aromatic carbocycles. The lowest BCUT2D eigenvalue weighted by Crippen LogP contribution is -2.33. The maximum absolute atomic E-state index is 12.6. The number of rotatable bonds is 2. The van der Waals surface area contributed by atoms with Crippen LogP contribution in [-0.2, 0) is 0 Å². The van der Waals surface area contributed by atoms with Crippen molar-refractivity contribution >= 4 is 17.8 Å². The van der Waals surface area contributed by atoms with Gasteiger partial charge in [-0.05, 0) is 12.1 Å². The number of para-hydroxylation sites is 1. The molecular formula is C15H12N4O2. The van der Waals surface area contributed by atoms with Crippen LogP contribution < -0.4 is 4.74 Å². The highest BCUT2D eigenvalue weighted by Crippen LogP contribution is 2.26. The van der Waals surface area contributed by atoms with Gasteiger partial charge in [0.2, 0.25) is 0 Å². The van der Waals surface area contributed by atoms with Gasteiger partial charge in [0.1, 0.15) is 11.8 Å². The summed E-state index contributed by atoms with van der Waals surface area (Å²) >= 11 is 0. The van der Waals surface area contributed by atoms with Crippen molar-refractivity contribution in [3.05, 3.63) is 41.1 Å². The summed E-state index contributed by atoms with van der Waals surface area (Å²) in [4.78, 5) is 14.2. The van der Waals surface area contributed by atoms with Crippen molar-refractivity contribution in [2.24, 2.45) is 10.2 Å². The number of carbonyl (C=O) groups excluding carboxylic acids is 1. The van der Waals surface area contributed by atoms with Crippen molar-refractivity contribution in [1.29, 1.82) is 5.26 Å². The fraction of sp³-hybridized carbons (Fsp3) is 0.200. The van der Waals surface area contributed by atoms with E-state index in [1.807, 2.05) is 6.07 Å². The Morgan fingerprint density at radius 2 is 2.33 bits per heavy atom. The van der Waals surface area contributed by atoms with Gasteiger partial charge in [0, 0.05) is 24.7 Å². The molecule has 6 heteroatoms. The first kappa shape index (κ1) is 13.1. The first-order valence-electron chi connectivity index (χ1n) is 6.44. The Balaban J connectivity index is 1.97. The second-order valence-corrected chi connectivity index (χ2v) is 4.62. The van der Waals surface area contributed by atoms with Gasteiger partial charge in [-0.15, -0.1) is 0 Å². The molecule has 0 fully saturated rings. The molecule has 0 atom stereocenters. The summed E-state index contributed by atoms with van der Waals surface area (Å²) in [5.74, 6) is 0.110. The Labute approximate surface area is 121 Å². The lowest BCUT2D eigenvalue weighted by atomic mass is 10.0. The molecule has 0 aliphatic carbocycles. The normalized spacial score (nSPS) is 15.9. The van der Waals surface area contributed by atoms with Crippen molar-refractivity contribution in [3.8, 4) is 11.8 Å². The molecular weight excluding hydrogens is 268 g/mol. The maximum Gasteiger partial charge on any atom is 0.261 e.